The molecule has 72 valence electrons. The van der Waals surface area contributed by atoms with Crippen LogP contribution in [0.25, 0.3) is 0 Å². The second-order valence-electron chi connectivity index (χ2n) is 3.16. The molecule has 0 aliphatic heterocycles. The molecule has 0 bridgehead atoms. The lowest BCUT2D eigenvalue weighted by Crippen LogP contribution is -2.22. The van der Waals surface area contributed by atoms with Gasteiger partial charge in [0.25, 0.3) is 0 Å². The zero-order valence-electron chi connectivity index (χ0n) is 8.36. The summed E-state index contributed by atoms with van der Waals surface area (Å²) in [7, 11) is 0. The smallest absolute Gasteiger partial charge is 0.0753 e. The summed E-state index contributed by atoms with van der Waals surface area (Å²) in [6.45, 7) is 5.48. The van der Waals surface area contributed by atoms with Crippen molar-refractivity contribution in [1.82, 2.24) is 5.32 Å². The number of nitrogens with one attached hydrogen (secondary N) is 1. The van der Waals surface area contributed by atoms with Crippen LogP contribution in [0.5, 0.6) is 0 Å². The van der Waals surface area contributed by atoms with E-state index < -0.39 is 0 Å². The molecule has 0 rings (SSSR count). The van der Waals surface area contributed by atoms with E-state index in [0.29, 0.717) is 0 Å². The molecule has 1 nitrogen and oxygen atoms in total. The summed E-state index contributed by atoms with van der Waals surface area (Å²) in [6.07, 6.45) is 7.36. The van der Waals surface area contributed by atoms with Gasteiger partial charge in [0.2, 0.25) is 0 Å². The molecular weight excluding hydrogens is 166 g/mol. The van der Waals surface area contributed by atoms with Gasteiger partial charge in [0, 0.05) is 6.54 Å². The summed E-state index contributed by atoms with van der Waals surface area (Å²) >= 11 is 5.16. The van der Waals surface area contributed by atoms with Gasteiger partial charge in [-0.1, -0.05) is 45.3 Å². The van der Waals surface area contributed by atoms with Crippen molar-refractivity contribution in [1.29, 1.82) is 0 Å². The highest BCUT2D eigenvalue weighted by Crippen LogP contribution is 1.96. The van der Waals surface area contributed by atoms with E-state index in [1.807, 2.05) is 0 Å². The molecule has 0 amide bonds. The number of rotatable bonds is 7. The second-order valence-corrected chi connectivity index (χ2v) is 3.65. The third kappa shape index (κ3) is 7.99. The average Bonchev–Trinajstić information content (AvgIpc) is 2.09. The molecule has 1 N–H and O–H groups in total. The summed E-state index contributed by atoms with van der Waals surface area (Å²) in [5, 5.41) is 3.28. The fourth-order valence-corrected chi connectivity index (χ4v) is 1.27. The maximum atomic E-state index is 5.16. The van der Waals surface area contributed by atoms with E-state index in [2.05, 4.69) is 19.2 Å². The van der Waals surface area contributed by atoms with Crippen molar-refractivity contribution in [3.8, 4) is 0 Å². The summed E-state index contributed by atoms with van der Waals surface area (Å²) in [5.41, 5.74) is 0. The highest BCUT2D eigenvalue weighted by molar-refractivity contribution is 7.80. The molecule has 0 aliphatic carbocycles. The molecule has 0 fully saturated rings. The predicted octanol–water partition coefficient (Wildman–Crippen LogP) is 3.28. The van der Waals surface area contributed by atoms with Gasteiger partial charge in [-0.2, -0.15) is 0 Å². The summed E-state index contributed by atoms with van der Waals surface area (Å²) in [5.74, 6) is 0. The van der Waals surface area contributed by atoms with Crippen LogP contribution in [0.3, 0.4) is 0 Å². The first-order valence-corrected chi connectivity index (χ1v) is 5.48. The zero-order chi connectivity index (χ0) is 9.23. The molecule has 0 atom stereocenters. The molecule has 0 unspecified atom stereocenters. The van der Waals surface area contributed by atoms with Crippen LogP contribution < -0.4 is 5.32 Å². The highest BCUT2D eigenvalue weighted by Gasteiger charge is 1.93. The van der Waals surface area contributed by atoms with Gasteiger partial charge in [-0.05, 0) is 19.3 Å². The van der Waals surface area contributed by atoms with Crippen LogP contribution in [0.2, 0.25) is 0 Å². The Kier molecular flexibility index (Phi) is 8.90. The first kappa shape index (κ1) is 11.9. The Labute approximate surface area is 81.9 Å². The van der Waals surface area contributed by atoms with Gasteiger partial charge in [0.1, 0.15) is 0 Å². The normalized spacial score (nSPS) is 9.83. The third-order valence-electron chi connectivity index (χ3n) is 1.86. The third-order valence-corrected chi connectivity index (χ3v) is 2.21. The molecule has 0 aromatic carbocycles. The van der Waals surface area contributed by atoms with E-state index in [1.165, 1.54) is 32.1 Å². The molecule has 0 aromatic rings. The van der Waals surface area contributed by atoms with Crippen LogP contribution >= 0.6 is 12.2 Å². The minimum Gasteiger partial charge on any atom is -0.380 e. The molecule has 0 saturated carbocycles. The Bertz CT molecular complexity index is 112. The fourth-order valence-electron chi connectivity index (χ4n) is 1.03. The molecule has 0 aliphatic rings. The lowest BCUT2D eigenvalue weighted by molar-refractivity contribution is 0.690. The van der Waals surface area contributed by atoms with Crippen LogP contribution in [0, 0.1) is 0 Å². The van der Waals surface area contributed by atoms with Crippen molar-refractivity contribution >= 4 is 17.2 Å². The van der Waals surface area contributed by atoms with Gasteiger partial charge in [0.05, 0.1) is 4.99 Å². The minimum atomic E-state index is 1.05. The van der Waals surface area contributed by atoms with Crippen LogP contribution in [-0.2, 0) is 0 Å². The quantitative estimate of drug-likeness (QED) is 0.485. The number of hydrogen-bond acceptors (Lipinski definition) is 1. The Morgan fingerprint density at radius 3 is 2.33 bits per heavy atom. The van der Waals surface area contributed by atoms with Gasteiger partial charge >= 0.3 is 0 Å². The van der Waals surface area contributed by atoms with Gasteiger partial charge in [-0.3, -0.25) is 0 Å². The van der Waals surface area contributed by atoms with Gasteiger partial charge < -0.3 is 5.32 Å². The Hall–Kier alpha value is -0.110. The first-order chi connectivity index (χ1) is 5.81. The number of unbranched alkanes of at least 4 members (excludes halogenated alkanes) is 3. The molecule has 0 heterocycles. The second kappa shape index (κ2) is 8.98. The lowest BCUT2D eigenvalue weighted by atomic mass is 10.2. The van der Waals surface area contributed by atoms with E-state index in [0.717, 1.165) is 18.0 Å². The van der Waals surface area contributed by atoms with Crippen molar-refractivity contribution in [3.63, 3.8) is 0 Å². The van der Waals surface area contributed by atoms with E-state index >= 15 is 0 Å². The topological polar surface area (TPSA) is 12.0 Å². The summed E-state index contributed by atoms with van der Waals surface area (Å²) in [6, 6.07) is 0. The lowest BCUT2D eigenvalue weighted by Gasteiger charge is -2.05. The average molecular weight is 187 g/mol. The zero-order valence-corrected chi connectivity index (χ0v) is 9.17. The van der Waals surface area contributed by atoms with Crippen molar-refractivity contribution in [2.24, 2.45) is 0 Å². The molecule has 0 aromatic heterocycles. The van der Waals surface area contributed by atoms with Gasteiger partial charge in [-0.25, -0.2) is 0 Å². The summed E-state index contributed by atoms with van der Waals surface area (Å²) < 4.78 is 0. The molecule has 0 saturated heterocycles. The molecule has 2 heteroatoms. The maximum absolute atomic E-state index is 5.16. The van der Waals surface area contributed by atoms with Crippen LogP contribution in [0.1, 0.15) is 52.4 Å². The number of hydrogen-bond donors (Lipinski definition) is 1. The van der Waals surface area contributed by atoms with E-state index in [9.17, 15) is 0 Å². The van der Waals surface area contributed by atoms with Crippen molar-refractivity contribution < 1.29 is 0 Å². The fraction of sp³-hybridized carbons (Fsp3) is 0.900. The van der Waals surface area contributed by atoms with Crippen LogP contribution in [0.15, 0.2) is 0 Å². The molecule has 0 radical (unpaired) electrons. The van der Waals surface area contributed by atoms with Crippen molar-refractivity contribution in [3.05, 3.63) is 0 Å². The monoisotopic (exact) mass is 187 g/mol. The van der Waals surface area contributed by atoms with E-state index in [1.54, 1.807) is 0 Å². The SMILES string of the molecule is CCCCCNC(=S)CCCC. The van der Waals surface area contributed by atoms with Gasteiger partial charge in [-0.15, -0.1) is 0 Å². The van der Waals surface area contributed by atoms with Crippen LogP contribution in [-0.4, -0.2) is 11.5 Å². The molecular formula is C10H21NS. The van der Waals surface area contributed by atoms with Gasteiger partial charge in [0.15, 0.2) is 0 Å². The Morgan fingerprint density at radius 2 is 1.75 bits per heavy atom. The standard InChI is InChI=1S/C10H21NS/c1-3-5-7-9-11-10(12)8-6-4-2/h3-9H2,1-2H3,(H,11,12). The Morgan fingerprint density at radius 1 is 1.08 bits per heavy atom. The number of thiocarbonyl (C=S) groups is 1. The van der Waals surface area contributed by atoms with Crippen LogP contribution in [0.4, 0.5) is 0 Å². The van der Waals surface area contributed by atoms with E-state index in [-0.39, 0.29) is 0 Å². The predicted molar refractivity (Wildman–Crippen MR) is 59.7 cm³/mol. The minimum absolute atomic E-state index is 1.05. The maximum Gasteiger partial charge on any atom is 0.0753 e. The highest BCUT2D eigenvalue weighted by atomic mass is 32.1. The first-order valence-electron chi connectivity index (χ1n) is 5.08. The molecule has 0 spiro atoms. The van der Waals surface area contributed by atoms with Crippen molar-refractivity contribution in [2.45, 2.75) is 52.4 Å². The Balaban J connectivity index is 3.08. The van der Waals surface area contributed by atoms with Crippen molar-refractivity contribution in [2.75, 3.05) is 6.54 Å². The summed E-state index contributed by atoms with van der Waals surface area (Å²) in [4.78, 5) is 1.05. The largest absolute Gasteiger partial charge is 0.380 e. The molecule has 12 heavy (non-hydrogen) atoms. The van der Waals surface area contributed by atoms with E-state index in [4.69, 9.17) is 12.2 Å².